The molecule has 10 heavy (non-hydrogen) atoms. The molecule has 1 saturated carbocycles. The van der Waals surface area contributed by atoms with Gasteiger partial charge in [-0.2, -0.15) is 0 Å². The molecule has 0 saturated heterocycles. The summed E-state index contributed by atoms with van der Waals surface area (Å²) in [5.41, 5.74) is 0. The highest BCUT2D eigenvalue weighted by atomic mass is 14.8. The van der Waals surface area contributed by atoms with E-state index in [0.717, 1.165) is 12.5 Å². The van der Waals surface area contributed by atoms with Crippen LogP contribution in [-0.2, 0) is 0 Å². The summed E-state index contributed by atoms with van der Waals surface area (Å²) in [6.07, 6.45) is 7.23. The molecular formula is C9H18N. The third kappa shape index (κ3) is 2.70. The summed E-state index contributed by atoms with van der Waals surface area (Å²) >= 11 is 0. The van der Waals surface area contributed by atoms with E-state index in [4.69, 9.17) is 0 Å². The Kier molecular flexibility index (Phi) is 3.81. The van der Waals surface area contributed by atoms with Gasteiger partial charge in [0.2, 0.25) is 0 Å². The van der Waals surface area contributed by atoms with Crippen LogP contribution in [0.5, 0.6) is 0 Å². The van der Waals surface area contributed by atoms with Crippen molar-refractivity contribution in [1.82, 2.24) is 5.32 Å². The minimum absolute atomic E-state index is 0.885. The first-order chi connectivity index (χ1) is 4.93. The van der Waals surface area contributed by atoms with Gasteiger partial charge in [0.25, 0.3) is 0 Å². The average molecular weight is 140 g/mol. The molecule has 1 N–H and O–H groups in total. The van der Waals surface area contributed by atoms with Crippen molar-refractivity contribution in [3.63, 3.8) is 0 Å². The summed E-state index contributed by atoms with van der Waals surface area (Å²) in [4.78, 5) is 0. The van der Waals surface area contributed by atoms with E-state index in [-0.39, 0.29) is 0 Å². The van der Waals surface area contributed by atoms with Crippen LogP contribution < -0.4 is 5.32 Å². The zero-order valence-corrected chi connectivity index (χ0v) is 6.73. The predicted molar refractivity (Wildman–Crippen MR) is 44.8 cm³/mol. The lowest BCUT2D eigenvalue weighted by Gasteiger charge is -2.21. The fraction of sp³-hybridized carbons (Fsp3) is 0.889. The largest absolute Gasteiger partial charge is 0.316 e. The maximum atomic E-state index is 3.76. The third-order valence-electron chi connectivity index (χ3n) is 2.33. The van der Waals surface area contributed by atoms with Crippen molar-refractivity contribution in [2.75, 3.05) is 13.1 Å². The van der Waals surface area contributed by atoms with E-state index in [1.54, 1.807) is 0 Å². The van der Waals surface area contributed by atoms with Gasteiger partial charge < -0.3 is 5.32 Å². The van der Waals surface area contributed by atoms with Crippen LogP contribution in [0.1, 0.15) is 32.1 Å². The highest BCUT2D eigenvalue weighted by molar-refractivity contribution is 4.67. The van der Waals surface area contributed by atoms with Gasteiger partial charge >= 0.3 is 0 Å². The Morgan fingerprint density at radius 2 is 1.90 bits per heavy atom. The minimum atomic E-state index is 0.885. The number of nitrogens with one attached hydrogen (secondary N) is 1. The first-order valence-corrected chi connectivity index (χ1v) is 4.43. The Morgan fingerprint density at radius 1 is 1.20 bits per heavy atom. The van der Waals surface area contributed by atoms with E-state index in [9.17, 15) is 0 Å². The molecule has 0 heterocycles. The van der Waals surface area contributed by atoms with E-state index in [1.165, 1.54) is 38.6 Å². The minimum Gasteiger partial charge on any atom is -0.316 e. The number of hydrogen-bond acceptors (Lipinski definition) is 1. The molecule has 0 amide bonds. The van der Waals surface area contributed by atoms with Gasteiger partial charge in [-0.15, -0.1) is 0 Å². The van der Waals surface area contributed by atoms with Crippen LogP contribution in [0.4, 0.5) is 0 Å². The van der Waals surface area contributed by atoms with Crippen LogP contribution in [0, 0.1) is 12.8 Å². The predicted octanol–water partition coefficient (Wildman–Crippen LogP) is 1.99. The maximum Gasteiger partial charge on any atom is -0.00205 e. The highest BCUT2D eigenvalue weighted by Gasteiger charge is 2.11. The van der Waals surface area contributed by atoms with Gasteiger partial charge in [0, 0.05) is 0 Å². The third-order valence-corrected chi connectivity index (χ3v) is 2.33. The molecule has 1 aliphatic rings. The van der Waals surface area contributed by atoms with E-state index in [2.05, 4.69) is 12.2 Å². The van der Waals surface area contributed by atoms with E-state index in [0.29, 0.717) is 0 Å². The molecule has 1 aliphatic carbocycles. The van der Waals surface area contributed by atoms with E-state index in [1.807, 2.05) is 0 Å². The lowest BCUT2D eigenvalue weighted by Crippen LogP contribution is -2.24. The quantitative estimate of drug-likeness (QED) is 0.632. The normalized spacial score (nSPS) is 21.3. The molecule has 0 aromatic carbocycles. The van der Waals surface area contributed by atoms with Crippen LogP contribution in [0.25, 0.3) is 0 Å². The summed E-state index contributed by atoms with van der Waals surface area (Å²) in [5.74, 6) is 0.954. The number of hydrogen-bond donors (Lipinski definition) is 1. The lowest BCUT2D eigenvalue weighted by atomic mass is 9.89. The topological polar surface area (TPSA) is 12.0 Å². The van der Waals surface area contributed by atoms with Gasteiger partial charge in [0.15, 0.2) is 0 Å². The zero-order valence-electron chi connectivity index (χ0n) is 6.73. The Morgan fingerprint density at radius 3 is 2.50 bits per heavy atom. The molecule has 0 aliphatic heterocycles. The van der Waals surface area contributed by atoms with Crippen LogP contribution >= 0.6 is 0 Å². The van der Waals surface area contributed by atoms with Gasteiger partial charge in [0.1, 0.15) is 0 Å². The van der Waals surface area contributed by atoms with Gasteiger partial charge in [-0.25, -0.2) is 0 Å². The van der Waals surface area contributed by atoms with Crippen molar-refractivity contribution in [2.45, 2.75) is 32.1 Å². The molecule has 1 heteroatoms. The van der Waals surface area contributed by atoms with Crippen LogP contribution in [0.15, 0.2) is 0 Å². The molecule has 0 spiro atoms. The van der Waals surface area contributed by atoms with Gasteiger partial charge in [-0.3, -0.25) is 0 Å². The highest BCUT2D eigenvalue weighted by Crippen LogP contribution is 2.22. The van der Waals surface area contributed by atoms with Gasteiger partial charge in [-0.1, -0.05) is 19.3 Å². The zero-order chi connectivity index (χ0) is 7.23. The molecule has 59 valence electrons. The summed E-state index contributed by atoms with van der Waals surface area (Å²) < 4.78 is 0. The maximum absolute atomic E-state index is 3.76. The smallest absolute Gasteiger partial charge is 0.00205 e. The molecule has 0 atom stereocenters. The molecule has 1 fully saturated rings. The van der Waals surface area contributed by atoms with E-state index < -0.39 is 0 Å². The van der Waals surface area contributed by atoms with Crippen molar-refractivity contribution >= 4 is 0 Å². The van der Waals surface area contributed by atoms with Crippen molar-refractivity contribution < 1.29 is 0 Å². The SMILES string of the molecule is [CH2]CNCC1CCCCC1. The second-order valence-electron chi connectivity index (χ2n) is 3.21. The second-order valence-corrected chi connectivity index (χ2v) is 3.21. The van der Waals surface area contributed by atoms with Crippen LogP contribution in [0.2, 0.25) is 0 Å². The Bertz CT molecular complexity index is 74.8. The summed E-state index contributed by atoms with van der Waals surface area (Å²) in [6.45, 7) is 5.84. The second kappa shape index (κ2) is 4.73. The first kappa shape index (κ1) is 8.06. The van der Waals surface area contributed by atoms with Crippen molar-refractivity contribution in [3.05, 3.63) is 6.92 Å². The Hall–Kier alpha value is -0.0400. The van der Waals surface area contributed by atoms with Crippen molar-refractivity contribution in [2.24, 2.45) is 5.92 Å². The average Bonchev–Trinajstić information content (AvgIpc) is 2.03. The van der Waals surface area contributed by atoms with Crippen LogP contribution in [0.3, 0.4) is 0 Å². The number of rotatable bonds is 3. The Balaban J connectivity index is 2.02. The molecule has 0 unspecified atom stereocenters. The molecule has 0 aromatic heterocycles. The monoisotopic (exact) mass is 140 g/mol. The Labute approximate surface area is 64.2 Å². The molecular weight excluding hydrogens is 122 g/mol. The first-order valence-electron chi connectivity index (χ1n) is 4.43. The molecule has 1 rings (SSSR count). The van der Waals surface area contributed by atoms with Crippen LogP contribution in [-0.4, -0.2) is 13.1 Å². The molecule has 0 aromatic rings. The summed E-state index contributed by atoms with van der Waals surface area (Å²) in [7, 11) is 0. The molecule has 1 radical (unpaired) electrons. The van der Waals surface area contributed by atoms with Gasteiger partial charge in [-0.05, 0) is 38.8 Å². The molecule has 1 nitrogen and oxygen atoms in total. The van der Waals surface area contributed by atoms with Crippen molar-refractivity contribution in [1.29, 1.82) is 0 Å². The molecule has 0 bridgehead atoms. The van der Waals surface area contributed by atoms with Gasteiger partial charge in [0.05, 0.1) is 0 Å². The van der Waals surface area contributed by atoms with Crippen molar-refractivity contribution in [3.8, 4) is 0 Å². The fourth-order valence-electron chi connectivity index (χ4n) is 1.70. The van der Waals surface area contributed by atoms with E-state index >= 15 is 0 Å². The lowest BCUT2D eigenvalue weighted by molar-refractivity contribution is 0.346. The summed E-state index contributed by atoms with van der Waals surface area (Å²) in [6, 6.07) is 0. The fourth-order valence-corrected chi connectivity index (χ4v) is 1.70. The standard InChI is InChI=1S/C9H18N/c1-2-10-8-9-6-4-3-5-7-9/h9-10H,1-8H2. The summed E-state index contributed by atoms with van der Waals surface area (Å²) in [5, 5.41) is 3.31.